The van der Waals surface area contributed by atoms with Gasteiger partial charge >= 0.3 is 0 Å². The summed E-state index contributed by atoms with van der Waals surface area (Å²) in [4.78, 5) is 14.2. The van der Waals surface area contributed by atoms with E-state index >= 15 is 0 Å². The van der Waals surface area contributed by atoms with Crippen LogP contribution >= 0.6 is 0 Å². The van der Waals surface area contributed by atoms with Gasteiger partial charge in [-0.15, -0.1) is 0 Å². The molecule has 3 nitrogen and oxygen atoms in total. The van der Waals surface area contributed by atoms with Gasteiger partial charge in [-0.05, 0) is 31.9 Å². The van der Waals surface area contributed by atoms with E-state index in [0.717, 1.165) is 25.3 Å². The van der Waals surface area contributed by atoms with Crippen LogP contribution in [0.3, 0.4) is 0 Å². The molecule has 0 radical (unpaired) electrons. The molecule has 1 unspecified atom stereocenters. The molecule has 0 heterocycles. The first kappa shape index (κ1) is 15.5. The van der Waals surface area contributed by atoms with Gasteiger partial charge in [-0.1, -0.05) is 20.3 Å². The van der Waals surface area contributed by atoms with Gasteiger partial charge in [0.05, 0.1) is 5.56 Å². The van der Waals surface area contributed by atoms with Gasteiger partial charge in [0, 0.05) is 18.7 Å². The lowest BCUT2D eigenvalue weighted by Crippen LogP contribution is -2.39. The average molecular weight is 267 g/mol. The molecule has 1 aromatic carbocycles. The van der Waals surface area contributed by atoms with Gasteiger partial charge in [0.1, 0.15) is 11.6 Å². The summed E-state index contributed by atoms with van der Waals surface area (Å²) < 4.78 is 13.0. The van der Waals surface area contributed by atoms with Crippen molar-refractivity contribution in [2.45, 2.75) is 46.1 Å². The average Bonchev–Trinajstić information content (AvgIpc) is 2.38. The summed E-state index contributed by atoms with van der Waals surface area (Å²) in [6.07, 6.45) is 2.76. The minimum Gasteiger partial charge on any atom is -0.507 e. The maximum atomic E-state index is 13.0. The van der Waals surface area contributed by atoms with Crippen LogP contribution in [0.5, 0.6) is 5.75 Å². The number of halogens is 1. The highest BCUT2D eigenvalue weighted by Crippen LogP contribution is 2.21. The van der Waals surface area contributed by atoms with Gasteiger partial charge in [0.25, 0.3) is 5.91 Å². The van der Waals surface area contributed by atoms with E-state index in [-0.39, 0.29) is 23.3 Å². The predicted octanol–water partition coefficient (Wildman–Crippen LogP) is 3.57. The highest BCUT2D eigenvalue weighted by Gasteiger charge is 2.22. The van der Waals surface area contributed by atoms with Crippen LogP contribution in [0.4, 0.5) is 4.39 Å². The highest BCUT2D eigenvalue weighted by molar-refractivity contribution is 5.97. The Morgan fingerprint density at radius 3 is 2.63 bits per heavy atom. The van der Waals surface area contributed by atoms with E-state index in [0.29, 0.717) is 6.54 Å². The zero-order chi connectivity index (χ0) is 14.4. The molecular weight excluding hydrogens is 245 g/mol. The molecule has 0 aromatic heterocycles. The lowest BCUT2D eigenvalue weighted by molar-refractivity contribution is 0.0682. The number of phenolic OH excluding ortho intramolecular Hbond substituents is 1. The van der Waals surface area contributed by atoms with Crippen LogP contribution in [0.15, 0.2) is 18.2 Å². The zero-order valence-corrected chi connectivity index (χ0v) is 11.8. The topological polar surface area (TPSA) is 40.5 Å². The van der Waals surface area contributed by atoms with Crippen molar-refractivity contribution in [3.05, 3.63) is 29.6 Å². The quantitative estimate of drug-likeness (QED) is 0.856. The molecule has 0 aliphatic carbocycles. The second-order valence-corrected chi connectivity index (χ2v) is 4.77. The van der Waals surface area contributed by atoms with E-state index in [1.807, 2.05) is 13.8 Å². The van der Waals surface area contributed by atoms with Crippen molar-refractivity contribution in [3.63, 3.8) is 0 Å². The summed E-state index contributed by atoms with van der Waals surface area (Å²) in [5.41, 5.74) is 0.165. The number of carbonyl (C=O) groups excluding carboxylic acids is 1. The van der Waals surface area contributed by atoms with Crippen LogP contribution in [0.1, 0.15) is 50.4 Å². The maximum Gasteiger partial charge on any atom is 0.257 e. The number of unbranched alkanes of at least 4 members (excludes halogenated alkanes) is 1. The molecule has 0 aliphatic heterocycles. The van der Waals surface area contributed by atoms with Gasteiger partial charge < -0.3 is 10.0 Å². The second kappa shape index (κ2) is 7.12. The fraction of sp³-hybridized carbons (Fsp3) is 0.533. The maximum absolute atomic E-state index is 13.0. The Morgan fingerprint density at radius 1 is 1.42 bits per heavy atom. The molecule has 0 bridgehead atoms. The number of hydrogen-bond acceptors (Lipinski definition) is 2. The fourth-order valence-corrected chi connectivity index (χ4v) is 1.91. The minimum atomic E-state index is -0.544. The monoisotopic (exact) mass is 267 g/mol. The van der Waals surface area contributed by atoms with Crippen molar-refractivity contribution in [1.29, 1.82) is 0 Å². The van der Waals surface area contributed by atoms with Gasteiger partial charge in [-0.3, -0.25) is 4.79 Å². The molecule has 1 atom stereocenters. The van der Waals surface area contributed by atoms with E-state index in [9.17, 15) is 14.3 Å². The van der Waals surface area contributed by atoms with Crippen LogP contribution in [0, 0.1) is 5.82 Å². The van der Waals surface area contributed by atoms with E-state index < -0.39 is 5.82 Å². The SMILES string of the molecule is CCCCN(C(=O)c1ccc(F)cc1O)C(C)CC. The van der Waals surface area contributed by atoms with Gasteiger partial charge in [0.15, 0.2) is 0 Å². The van der Waals surface area contributed by atoms with Crippen molar-refractivity contribution in [2.24, 2.45) is 0 Å². The van der Waals surface area contributed by atoms with Crippen LogP contribution in [-0.4, -0.2) is 28.5 Å². The Hall–Kier alpha value is -1.58. The van der Waals surface area contributed by atoms with E-state index in [4.69, 9.17) is 0 Å². The Labute approximate surface area is 114 Å². The first-order valence-corrected chi connectivity index (χ1v) is 6.80. The summed E-state index contributed by atoms with van der Waals surface area (Å²) in [5.74, 6) is -1.08. The number of benzene rings is 1. The van der Waals surface area contributed by atoms with Crippen molar-refractivity contribution < 1.29 is 14.3 Å². The van der Waals surface area contributed by atoms with Crippen LogP contribution in [-0.2, 0) is 0 Å². The predicted molar refractivity (Wildman–Crippen MR) is 73.8 cm³/mol. The normalized spacial score (nSPS) is 12.2. The molecule has 1 amide bonds. The first-order valence-electron chi connectivity index (χ1n) is 6.80. The molecule has 4 heteroatoms. The van der Waals surface area contributed by atoms with Crippen LogP contribution in [0.25, 0.3) is 0 Å². The summed E-state index contributed by atoms with van der Waals surface area (Å²) in [6, 6.07) is 3.61. The van der Waals surface area contributed by atoms with E-state index in [1.54, 1.807) is 4.90 Å². The van der Waals surface area contributed by atoms with Gasteiger partial charge in [-0.25, -0.2) is 4.39 Å². The number of rotatable bonds is 6. The number of carbonyl (C=O) groups is 1. The second-order valence-electron chi connectivity index (χ2n) is 4.77. The van der Waals surface area contributed by atoms with Crippen molar-refractivity contribution in [3.8, 4) is 5.75 Å². The van der Waals surface area contributed by atoms with Crippen molar-refractivity contribution in [1.82, 2.24) is 4.90 Å². The molecule has 0 saturated carbocycles. The summed E-state index contributed by atoms with van der Waals surface area (Å²) in [6.45, 7) is 6.71. The Balaban J connectivity index is 2.97. The lowest BCUT2D eigenvalue weighted by Gasteiger charge is -2.29. The summed E-state index contributed by atoms with van der Waals surface area (Å²) in [5, 5.41) is 9.70. The number of hydrogen-bond donors (Lipinski definition) is 1. The highest BCUT2D eigenvalue weighted by atomic mass is 19.1. The number of aromatic hydroxyl groups is 1. The van der Waals surface area contributed by atoms with Crippen LogP contribution < -0.4 is 0 Å². The third-order valence-corrected chi connectivity index (χ3v) is 3.33. The zero-order valence-electron chi connectivity index (χ0n) is 11.8. The molecule has 1 rings (SSSR count). The smallest absolute Gasteiger partial charge is 0.257 e. The number of amides is 1. The lowest BCUT2D eigenvalue weighted by atomic mass is 10.1. The third kappa shape index (κ3) is 3.94. The molecular formula is C15H22FNO2. The molecule has 19 heavy (non-hydrogen) atoms. The Morgan fingerprint density at radius 2 is 2.11 bits per heavy atom. The first-order chi connectivity index (χ1) is 9.01. The van der Waals surface area contributed by atoms with E-state index in [2.05, 4.69) is 6.92 Å². The summed E-state index contributed by atoms with van der Waals surface area (Å²) >= 11 is 0. The molecule has 0 spiro atoms. The molecule has 0 aliphatic rings. The standard InChI is InChI=1S/C15H22FNO2/c1-4-6-9-17(11(3)5-2)15(19)13-8-7-12(16)10-14(13)18/h7-8,10-11,18H,4-6,9H2,1-3H3. The van der Waals surface area contributed by atoms with E-state index in [1.165, 1.54) is 12.1 Å². The molecule has 0 fully saturated rings. The van der Waals surface area contributed by atoms with Crippen molar-refractivity contribution >= 4 is 5.91 Å². The summed E-state index contributed by atoms with van der Waals surface area (Å²) in [7, 11) is 0. The molecule has 0 saturated heterocycles. The fourth-order valence-electron chi connectivity index (χ4n) is 1.91. The minimum absolute atomic E-state index is 0.100. The van der Waals surface area contributed by atoms with Gasteiger partial charge in [0.2, 0.25) is 0 Å². The number of phenols is 1. The molecule has 1 N–H and O–H groups in total. The third-order valence-electron chi connectivity index (χ3n) is 3.33. The Bertz CT molecular complexity index is 434. The van der Waals surface area contributed by atoms with Crippen LogP contribution in [0.2, 0.25) is 0 Å². The largest absolute Gasteiger partial charge is 0.507 e. The molecule has 1 aromatic rings. The number of nitrogens with zero attached hydrogens (tertiary/aromatic N) is 1. The molecule has 106 valence electrons. The van der Waals surface area contributed by atoms with Gasteiger partial charge in [-0.2, -0.15) is 0 Å². The Kier molecular flexibility index (Phi) is 5.80. The van der Waals surface area contributed by atoms with Crippen molar-refractivity contribution in [2.75, 3.05) is 6.54 Å².